The summed E-state index contributed by atoms with van der Waals surface area (Å²) < 4.78 is 0. The normalized spacial score (nSPS) is 11.7. The number of hydrogen-bond acceptors (Lipinski definition) is 0. The van der Waals surface area contributed by atoms with Gasteiger partial charge in [-0.15, -0.1) is 0 Å². The Morgan fingerprint density at radius 3 is 1.28 bits per heavy atom. The second kappa shape index (κ2) is 12.3. The lowest BCUT2D eigenvalue weighted by molar-refractivity contribution is 1.63. The third-order valence-corrected chi connectivity index (χ3v) is 11.4. The number of hydrogen-bond donors (Lipinski definition) is 0. The summed E-state index contributed by atoms with van der Waals surface area (Å²) in [5, 5.41) is 15.2. The van der Waals surface area contributed by atoms with Gasteiger partial charge in [-0.3, -0.25) is 0 Å². The average molecular weight is 683 g/mol. The Labute approximate surface area is 314 Å². The molecule has 11 aromatic rings. The zero-order valence-corrected chi connectivity index (χ0v) is 29.6. The van der Waals surface area contributed by atoms with Crippen molar-refractivity contribution in [1.82, 2.24) is 0 Å². The molecular formula is C54H34. The fraction of sp³-hybridized carbons (Fsp3) is 0. The Kier molecular flexibility index (Phi) is 6.97. The first-order valence-electron chi connectivity index (χ1n) is 18.8. The summed E-state index contributed by atoms with van der Waals surface area (Å²) in [6, 6.07) is 76.1. The maximum Gasteiger partial charge on any atom is -0.00262 e. The van der Waals surface area contributed by atoms with Crippen molar-refractivity contribution in [3.8, 4) is 44.5 Å². The number of benzene rings is 11. The van der Waals surface area contributed by atoms with Crippen LogP contribution >= 0.6 is 0 Å². The molecule has 0 amide bonds. The number of fused-ring (bicyclic) bond motifs is 7. The van der Waals surface area contributed by atoms with E-state index in [9.17, 15) is 0 Å². The Morgan fingerprint density at radius 1 is 0.185 bits per heavy atom. The molecule has 0 radical (unpaired) electrons. The molecule has 11 rings (SSSR count). The van der Waals surface area contributed by atoms with Crippen molar-refractivity contribution < 1.29 is 0 Å². The van der Waals surface area contributed by atoms with Crippen LogP contribution in [0.15, 0.2) is 206 Å². The lowest BCUT2D eigenvalue weighted by atomic mass is 9.85. The van der Waals surface area contributed by atoms with Crippen molar-refractivity contribution in [3.63, 3.8) is 0 Å². The highest BCUT2D eigenvalue weighted by molar-refractivity contribution is 6.22. The van der Waals surface area contributed by atoms with Crippen molar-refractivity contribution in [2.24, 2.45) is 0 Å². The van der Waals surface area contributed by atoms with Crippen LogP contribution < -0.4 is 0 Å². The van der Waals surface area contributed by atoms with Gasteiger partial charge in [0.15, 0.2) is 0 Å². The molecule has 0 aliphatic rings. The minimum absolute atomic E-state index is 1.23. The Morgan fingerprint density at radius 2 is 0.593 bits per heavy atom. The third kappa shape index (κ3) is 4.85. The van der Waals surface area contributed by atoms with Gasteiger partial charge in [-0.2, -0.15) is 0 Å². The van der Waals surface area contributed by atoms with Crippen LogP contribution in [0.2, 0.25) is 0 Å². The molecule has 54 heavy (non-hydrogen) atoms. The monoisotopic (exact) mass is 682 g/mol. The quantitative estimate of drug-likeness (QED) is 0.128. The molecule has 0 aromatic heterocycles. The molecule has 0 aliphatic heterocycles. The molecule has 0 N–H and O–H groups in total. The first-order chi connectivity index (χ1) is 26.8. The van der Waals surface area contributed by atoms with Gasteiger partial charge < -0.3 is 0 Å². The van der Waals surface area contributed by atoms with Crippen LogP contribution in [0.3, 0.4) is 0 Å². The smallest absolute Gasteiger partial charge is 0.00262 e. The van der Waals surface area contributed by atoms with Gasteiger partial charge in [-0.05, 0) is 127 Å². The number of rotatable bonds is 4. The molecule has 0 heterocycles. The molecule has 0 unspecified atom stereocenters. The predicted octanol–water partition coefficient (Wildman–Crippen LogP) is 15.3. The van der Waals surface area contributed by atoms with Crippen LogP contribution in [0, 0.1) is 0 Å². The van der Waals surface area contributed by atoms with Crippen molar-refractivity contribution in [3.05, 3.63) is 206 Å². The third-order valence-electron chi connectivity index (χ3n) is 11.4. The summed E-state index contributed by atoms with van der Waals surface area (Å²) >= 11 is 0. The van der Waals surface area contributed by atoms with Gasteiger partial charge in [-0.25, -0.2) is 0 Å². The van der Waals surface area contributed by atoms with E-state index < -0.39 is 0 Å². The molecule has 11 aromatic carbocycles. The zero-order valence-electron chi connectivity index (χ0n) is 29.6. The molecule has 0 atom stereocenters. The van der Waals surface area contributed by atoms with Gasteiger partial charge in [0.2, 0.25) is 0 Å². The maximum atomic E-state index is 2.38. The standard InChI is InChI=1S/C54H34/c1-3-17-43-35(12-1)14-10-23-45(43)39-15-9-16-41(34-39)53-49-19-5-7-21-51(49)54(52-22-8-6-20-50(52)53)42-29-27-37-32-40(28-26-38(37)33-42)46-24-11-25-47-44-18-4-2-13-36(44)30-31-48(46)47/h1-34H. The van der Waals surface area contributed by atoms with E-state index in [1.807, 2.05) is 0 Å². The van der Waals surface area contributed by atoms with Crippen LogP contribution in [0.5, 0.6) is 0 Å². The van der Waals surface area contributed by atoms with Gasteiger partial charge in [0.1, 0.15) is 0 Å². The molecule has 0 aliphatic carbocycles. The Balaban J connectivity index is 1.07. The SMILES string of the molecule is c1cc(-c2cccc3ccccc23)cc(-c2c3ccccc3c(-c3ccc4cc(-c5cccc6c5ccc5ccccc56)ccc4c3)c3ccccc23)c1. The van der Waals surface area contributed by atoms with Crippen molar-refractivity contribution >= 4 is 64.6 Å². The summed E-state index contributed by atoms with van der Waals surface area (Å²) in [5.41, 5.74) is 10.0. The first kappa shape index (κ1) is 30.6. The predicted molar refractivity (Wildman–Crippen MR) is 233 cm³/mol. The molecule has 0 bridgehead atoms. The summed E-state index contributed by atoms with van der Waals surface area (Å²) in [6.45, 7) is 0. The summed E-state index contributed by atoms with van der Waals surface area (Å²) in [5.74, 6) is 0. The van der Waals surface area contributed by atoms with Crippen LogP contribution in [0.1, 0.15) is 0 Å². The van der Waals surface area contributed by atoms with E-state index in [1.165, 1.54) is 109 Å². The van der Waals surface area contributed by atoms with Crippen molar-refractivity contribution in [1.29, 1.82) is 0 Å². The molecule has 0 spiro atoms. The minimum atomic E-state index is 1.23. The van der Waals surface area contributed by atoms with E-state index in [4.69, 9.17) is 0 Å². The van der Waals surface area contributed by atoms with Gasteiger partial charge in [-0.1, -0.05) is 188 Å². The second-order valence-electron chi connectivity index (χ2n) is 14.4. The molecule has 0 nitrogen and oxygen atoms in total. The van der Waals surface area contributed by atoms with Gasteiger partial charge >= 0.3 is 0 Å². The minimum Gasteiger partial charge on any atom is -0.0616 e. The lowest BCUT2D eigenvalue weighted by Gasteiger charge is -2.19. The van der Waals surface area contributed by atoms with Gasteiger partial charge in [0.25, 0.3) is 0 Å². The highest BCUT2D eigenvalue weighted by atomic mass is 14.2. The van der Waals surface area contributed by atoms with Crippen LogP contribution in [-0.4, -0.2) is 0 Å². The fourth-order valence-electron chi connectivity index (χ4n) is 8.93. The van der Waals surface area contributed by atoms with E-state index in [0.29, 0.717) is 0 Å². The topological polar surface area (TPSA) is 0 Å². The zero-order chi connectivity index (χ0) is 35.6. The molecular weight excluding hydrogens is 649 g/mol. The van der Waals surface area contributed by atoms with Gasteiger partial charge in [0, 0.05) is 0 Å². The van der Waals surface area contributed by atoms with Crippen LogP contribution in [-0.2, 0) is 0 Å². The van der Waals surface area contributed by atoms with E-state index in [-0.39, 0.29) is 0 Å². The average Bonchev–Trinajstić information content (AvgIpc) is 3.24. The first-order valence-corrected chi connectivity index (χ1v) is 18.8. The molecule has 250 valence electrons. The highest BCUT2D eigenvalue weighted by Crippen LogP contribution is 2.45. The summed E-state index contributed by atoms with van der Waals surface area (Å²) in [7, 11) is 0. The van der Waals surface area contributed by atoms with Crippen molar-refractivity contribution in [2.75, 3.05) is 0 Å². The van der Waals surface area contributed by atoms with E-state index in [2.05, 4.69) is 206 Å². The highest BCUT2D eigenvalue weighted by Gasteiger charge is 2.18. The Bertz CT molecular complexity index is 3210. The van der Waals surface area contributed by atoms with E-state index in [0.717, 1.165) is 0 Å². The Hall–Kier alpha value is -7.02. The maximum absolute atomic E-state index is 2.38. The van der Waals surface area contributed by atoms with Crippen molar-refractivity contribution in [2.45, 2.75) is 0 Å². The lowest BCUT2D eigenvalue weighted by Crippen LogP contribution is -1.91. The fourth-order valence-corrected chi connectivity index (χ4v) is 8.93. The molecule has 0 fully saturated rings. The van der Waals surface area contributed by atoms with E-state index >= 15 is 0 Å². The summed E-state index contributed by atoms with van der Waals surface area (Å²) in [4.78, 5) is 0. The van der Waals surface area contributed by atoms with Crippen LogP contribution in [0.4, 0.5) is 0 Å². The summed E-state index contributed by atoms with van der Waals surface area (Å²) in [6.07, 6.45) is 0. The molecule has 0 heteroatoms. The molecule has 0 saturated heterocycles. The van der Waals surface area contributed by atoms with Gasteiger partial charge in [0.05, 0.1) is 0 Å². The van der Waals surface area contributed by atoms with Crippen LogP contribution in [0.25, 0.3) is 109 Å². The molecule has 0 saturated carbocycles. The van der Waals surface area contributed by atoms with E-state index in [1.54, 1.807) is 0 Å². The largest absolute Gasteiger partial charge is 0.0616 e. The second-order valence-corrected chi connectivity index (χ2v) is 14.4.